The van der Waals surface area contributed by atoms with E-state index in [1.807, 2.05) is 27.7 Å². The number of benzene rings is 1. The van der Waals surface area contributed by atoms with Crippen molar-refractivity contribution in [2.24, 2.45) is 0 Å². The maximum atomic E-state index is 14.1. The molecule has 0 atom stereocenters. The molecule has 0 saturated heterocycles. The summed E-state index contributed by atoms with van der Waals surface area (Å²) in [7, 11) is 0. The first-order valence-corrected chi connectivity index (χ1v) is 8.15. The third-order valence-corrected chi connectivity index (χ3v) is 4.12. The SMILES string of the molecule is CC(=O)OC(C)(C)Cc1c(C)nn(Cc2ccc([N+](=O)[O-])cc2F)c1C. The number of esters is 1. The maximum absolute atomic E-state index is 14.1. The summed E-state index contributed by atoms with van der Waals surface area (Å²) in [5.74, 6) is -1.00. The molecule has 0 fully saturated rings. The zero-order valence-electron chi connectivity index (χ0n) is 15.5. The number of rotatable bonds is 6. The van der Waals surface area contributed by atoms with E-state index >= 15 is 0 Å². The van der Waals surface area contributed by atoms with Crippen LogP contribution in [0.5, 0.6) is 0 Å². The van der Waals surface area contributed by atoms with E-state index in [0.29, 0.717) is 12.0 Å². The molecular formula is C18H22FN3O4. The lowest BCUT2D eigenvalue weighted by Crippen LogP contribution is -2.30. The molecule has 7 nitrogen and oxygen atoms in total. The van der Waals surface area contributed by atoms with Crippen LogP contribution in [0.1, 0.15) is 43.3 Å². The quantitative estimate of drug-likeness (QED) is 0.445. The van der Waals surface area contributed by atoms with Gasteiger partial charge in [-0.1, -0.05) is 0 Å². The zero-order chi connectivity index (χ0) is 19.6. The Kier molecular flexibility index (Phi) is 5.44. The van der Waals surface area contributed by atoms with Crippen LogP contribution in [0.25, 0.3) is 0 Å². The molecule has 0 aliphatic carbocycles. The number of halogens is 1. The first kappa shape index (κ1) is 19.6. The third-order valence-electron chi connectivity index (χ3n) is 4.12. The van der Waals surface area contributed by atoms with Gasteiger partial charge in [0.15, 0.2) is 0 Å². The minimum atomic E-state index is -0.687. The van der Waals surface area contributed by atoms with Gasteiger partial charge in [0.1, 0.15) is 11.4 Å². The molecule has 0 radical (unpaired) electrons. The number of hydrogen-bond donors (Lipinski definition) is 0. The number of nitrogens with zero attached hydrogens (tertiary/aromatic N) is 3. The Balaban J connectivity index is 2.28. The van der Waals surface area contributed by atoms with Crippen LogP contribution in [-0.2, 0) is 22.5 Å². The second-order valence-corrected chi connectivity index (χ2v) is 6.87. The van der Waals surface area contributed by atoms with Gasteiger partial charge >= 0.3 is 5.97 Å². The van der Waals surface area contributed by atoms with Crippen LogP contribution in [0.15, 0.2) is 18.2 Å². The summed E-state index contributed by atoms with van der Waals surface area (Å²) in [6, 6.07) is 3.58. The van der Waals surface area contributed by atoms with Crippen LogP contribution < -0.4 is 0 Å². The van der Waals surface area contributed by atoms with E-state index in [1.54, 1.807) is 4.68 Å². The molecule has 8 heteroatoms. The van der Waals surface area contributed by atoms with Crippen LogP contribution in [0.2, 0.25) is 0 Å². The molecule has 0 saturated carbocycles. The van der Waals surface area contributed by atoms with Gasteiger partial charge in [-0.25, -0.2) is 4.39 Å². The van der Waals surface area contributed by atoms with E-state index in [4.69, 9.17) is 4.74 Å². The molecule has 0 bridgehead atoms. The first-order valence-electron chi connectivity index (χ1n) is 8.15. The Morgan fingerprint density at radius 3 is 2.58 bits per heavy atom. The molecular weight excluding hydrogens is 341 g/mol. The Morgan fingerprint density at radius 1 is 1.38 bits per heavy atom. The van der Waals surface area contributed by atoms with Gasteiger partial charge in [0.25, 0.3) is 5.69 Å². The molecule has 140 valence electrons. The smallest absolute Gasteiger partial charge is 0.303 e. The minimum Gasteiger partial charge on any atom is -0.459 e. The fourth-order valence-electron chi connectivity index (χ4n) is 2.93. The molecule has 0 aliphatic heterocycles. The molecule has 2 rings (SSSR count). The minimum absolute atomic E-state index is 0.157. The van der Waals surface area contributed by atoms with Gasteiger partial charge in [0.2, 0.25) is 0 Å². The van der Waals surface area contributed by atoms with Crippen LogP contribution in [0.4, 0.5) is 10.1 Å². The monoisotopic (exact) mass is 363 g/mol. The summed E-state index contributed by atoms with van der Waals surface area (Å²) in [4.78, 5) is 21.3. The number of ether oxygens (including phenoxy) is 1. The molecule has 0 unspecified atom stereocenters. The molecule has 0 spiro atoms. The number of nitro groups is 1. The Morgan fingerprint density at radius 2 is 2.04 bits per heavy atom. The number of hydrogen-bond acceptors (Lipinski definition) is 5. The van der Waals surface area contributed by atoms with Crippen molar-refractivity contribution in [3.63, 3.8) is 0 Å². The van der Waals surface area contributed by atoms with Crippen LogP contribution >= 0.6 is 0 Å². The van der Waals surface area contributed by atoms with E-state index in [-0.39, 0.29) is 18.2 Å². The highest BCUT2D eigenvalue weighted by molar-refractivity contribution is 5.66. The third kappa shape index (κ3) is 4.44. The van der Waals surface area contributed by atoms with Crippen molar-refractivity contribution in [3.8, 4) is 0 Å². The van der Waals surface area contributed by atoms with Gasteiger partial charge in [0, 0.05) is 30.7 Å². The summed E-state index contributed by atoms with van der Waals surface area (Å²) in [6.07, 6.45) is 0.479. The van der Waals surface area contributed by atoms with Gasteiger partial charge in [-0.15, -0.1) is 0 Å². The second kappa shape index (κ2) is 7.23. The molecule has 1 aromatic carbocycles. The number of non-ortho nitro benzene ring substituents is 1. The van der Waals surface area contributed by atoms with Crippen LogP contribution in [-0.4, -0.2) is 26.3 Å². The summed E-state index contributed by atoms with van der Waals surface area (Å²) in [5, 5.41) is 15.2. The number of carbonyl (C=O) groups is 1. The highest BCUT2D eigenvalue weighted by Crippen LogP contribution is 2.24. The largest absolute Gasteiger partial charge is 0.459 e. The summed E-state index contributed by atoms with van der Waals surface area (Å²) >= 11 is 0. The summed E-state index contributed by atoms with van der Waals surface area (Å²) in [6.45, 7) is 8.87. The fourth-order valence-corrected chi connectivity index (χ4v) is 2.93. The predicted molar refractivity (Wildman–Crippen MR) is 93.4 cm³/mol. The fraction of sp³-hybridized carbons (Fsp3) is 0.444. The lowest BCUT2D eigenvalue weighted by molar-refractivity contribution is -0.385. The van der Waals surface area contributed by atoms with E-state index < -0.39 is 16.3 Å². The standard InChI is InChI=1S/C18H22FN3O4/c1-11-16(9-18(4,5)26-13(3)23)12(2)21(20-11)10-14-6-7-15(22(24)25)8-17(14)19/h6-8H,9-10H2,1-5H3. The lowest BCUT2D eigenvalue weighted by Gasteiger charge is -2.24. The van der Waals surface area contributed by atoms with E-state index in [1.165, 1.54) is 19.1 Å². The van der Waals surface area contributed by atoms with Gasteiger partial charge in [-0.2, -0.15) is 5.10 Å². The van der Waals surface area contributed by atoms with Crippen molar-refractivity contribution in [3.05, 3.63) is 56.6 Å². The van der Waals surface area contributed by atoms with E-state index in [9.17, 15) is 19.3 Å². The average Bonchev–Trinajstić information content (AvgIpc) is 2.75. The zero-order valence-corrected chi connectivity index (χ0v) is 15.5. The van der Waals surface area contributed by atoms with E-state index in [0.717, 1.165) is 23.0 Å². The van der Waals surface area contributed by atoms with Crippen molar-refractivity contribution < 1.29 is 18.8 Å². The molecule has 26 heavy (non-hydrogen) atoms. The maximum Gasteiger partial charge on any atom is 0.303 e. The topological polar surface area (TPSA) is 87.3 Å². The molecule has 0 N–H and O–H groups in total. The van der Waals surface area contributed by atoms with Gasteiger partial charge in [0.05, 0.1) is 23.2 Å². The lowest BCUT2D eigenvalue weighted by atomic mass is 9.97. The number of nitro benzene ring substituents is 1. The van der Waals surface area contributed by atoms with Crippen molar-refractivity contribution in [2.75, 3.05) is 0 Å². The van der Waals surface area contributed by atoms with Gasteiger partial charge < -0.3 is 4.74 Å². The normalized spacial score (nSPS) is 11.5. The molecule has 0 aliphatic rings. The number of carbonyl (C=O) groups excluding carboxylic acids is 1. The number of aromatic nitrogens is 2. The second-order valence-electron chi connectivity index (χ2n) is 6.87. The molecule has 1 aromatic heterocycles. The molecule has 1 heterocycles. The van der Waals surface area contributed by atoms with Crippen LogP contribution in [0, 0.1) is 29.8 Å². The summed E-state index contributed by atoms with van der Waals surface area (Å²) in [5.41, 5.74) is 1.87. The molecule has 0 amide bonds. The van der Waals surface area contributed by atoms with Gasteiger partial charge in [-0.05, 0) is 39.3 Å². The van der Waals surface area contributed by atoms with Crippen molar-refractivity contribution in [1.82, 2.24) is 9.78 Å². The Bertz CT molecular complexity index is 858. The van der Waals surface area contributed by atoms with Crippen molar-refractivity contribution in [2.45, 2.75) is 53.2 Å². The van der Waals surface area contributed by atoms with E-state index in [2.05, 4.69) is 5.10 Å². The predicted octanol–water partition coefficient (Wildman–Crippen LogP) is 3.48. The van der Waals surface area contributed by atoms with Gasteiger partial charge in [-0.3, -0.25) is 19.6 Å². The van der Waals surface area contributed by atoms with Crippen molar-refractivity contribution in [1.29, 1.82) is 0 Å². The number of aryl methyl sites for hydroxylation is 1. The highest BCUT2D eigenvalue weighted by atomic mass is 19.1. The van der Waals surface area contributed by atoms with Crippen LogP contribution in [0.3, 0.4) is 0 Å². The summed E-state index contributed by atoms with van der Waals surface area (Å²) < 4.78 is 21.1. The average molecular weight is 363 g/mol. The molecule has 2 aromatic rings. The Hall–Kier alpha value is -2.77. The van der Waals surface area contributed by atoms with Crippen molar-refractivity contribution >= 4 is 11.7 Å². The first-order chi connectivity index (χ1) is 12.0. The highest BCUT2D eigenvalue weighted by Gasteiger charge is 2.26. The Labute approximate surface area is 150 Å².